The van der Waals surface area contributed by atoms with Crippen LogP contribution in [-0.4, -0.2) is 36.0 Å². The molecule has 0 fully saturated rings. The van der Waals surface area contributed by atoms with Crippen LogP contribution >= 0.6 is 113 Å². The monoisotopic (exact) mass is 747 g/mol. The highest BCUT2D eigenvalue weighted by Gasteiger charge is 2.41. The zero-order valence-corrected chi connectivity index (χ0v) is 25.4. The Balaban J connectivity index is 1.50. The molecular formula is C20H10Br2Cl7NO5. The molecule has 0 saturated heterocycles. The quantitative estimate of drug-likeness (QED) is 0.0704. The van der Waals surface area contributed by atoms with Gasteiger partial charge in [0.15, 0.2) is 5.75 Å². The van der Waals surface area contributed by atoms with Gasteiger partial charge in [-0.05, 0) is 51.1 Å². The van der Waals surface area contributed by atoms with Gasteiger partial charge in [-0.2, -0.15) is 0 Å². The number of amides is 2. The van der Waals surface area contributed by atoms with E-state index in [0.29, 0.717) is 23.7 Å². The van der Waals surface area contributed by atoms with Gasteiger partial charge in [-0.3, -0.25) is 14.5 Å². The van der Waals surface area contributed by atoms with Crippen LogP contribution in [0.25, 0.3) is 0 Å². The number of unbranched alkanes of at least 4 members (excludes halogenated alkanes) is 2. The third-order valence-electron chi connectivity index (χ3n) is 4.79. The molecule has 0 saturated carbocycles. The molecule has 3 rings (SSSR count). The number of carbonyl (C=O) groups excluding carboxylic acids is 3. The molecule has 2 aromatic rings. The van der Waals surface area contributed by atoms with Gasteiger partial charge in [-0.1, -0.05) is 81.2 Å². The van der Waals surface area contributed by atoms with Gasteiger partial charge in [0.1, 0.15) is 5.02 Å². The lowest BCUT2D eigenvalue weighted by molar-refractivity contribution is 0.0651. The molecule has 188 valence electrons. The first-order valence-electron chi connectivity index (χ1n) is 9.48. The molecule has 0 radical (unpaired) electrons. The third-order valence-corrected chi connectivity index (χ3v) is 10.0. The van der Waals surface area contributed by atoms with Crippen molar-refractivity contribution >= 4 is 131 Å². The van der Waals surface area contributed by atoms with E-state index in [4.69, 9.17) is 90.7 Å². The average molecular weight is 752 g/mol. The molecule has 2 aromatic carbocycles. The van der Waals surface area contributed by atoms with Crippen molar-refractivity contribution in [3.05, 3.63) is 55.2 Å². The highest BCUT2D eigenvalue weighted by atomic mass is 79.9. The fraction of sp³-hybridized carbons (Fsp3) is 0.250. The van der Waals surface area contributed by atoms with Gasteiger partial charge in [0.05, 0.1) is 56.8 Å². The molecule has 0 atom stereocenters. The Morgan fingerprint density at radius 2 is 1.23 bits per heavy atom. The maximum atomic E-state index is 12.7. The van der Waals surface area contributed by atoms with Crippen molar-refractivity contribution in [1.29, 1.82) is 0 Å². The third kappa shape index (κ3) is 5.81. The van der Waals surface area contributed by atoms with Crippen molar-refractivity contribution in [3.8, 4) is 5.75 Å². The molecule has 1 aliphatic rings. The van der Waals surface area contributed by atoms with Crippen LogP contribution < -0.4 is 4.74 Å². The Hall–Kier alpha value is -0.160. The fourth-order valence-electron chi connectivity index (χ4n) is 3.09. The Labute approximate surface area is 251 Å². The second kappa shape index (κ2) is 12.1. The van der Waals surface area contributed by atoms with E-state index in [0.717, 1.165) is 4.90 Å². The lowest BCUT2D eigenvalue weighted by atomic mass is 10.1. The SMILES string of the molecule is O=C(OCCCCCN1C(=O)c2c(Cl)c(Cl)c(Cl)c(Cl)c2C1=O)Oc1c(Cl)c(Cl)c(Br)c(Cl)c1Br. The van der Waals surface area contributed by atoms with Gasteiger partial charge in [0, 0.05) is 6.54 Å². The van der Waals surface area contributed by atoms with Crippen LogP contribution in [0.3, 0.4) is 0 Å². The van der Waals surface area contributed by atoms with Crippen molar-refractivity contribution in [2.24, 2.45) is 0 Å². The Morgan fingerprint density at radius 3 is 1.77 bits per heavy atom. The minimum absolute atomic E-state index is 0.0110. The van der Waals surface area contributed by atoms with Crippen LogP contribution in [0.1, 0.15) is 40.0 Å². The number of ether oxygens (including phenoxy) is 2. The summed E-state index contributed by atoms with van der Waals surface area (Å²) in [5.41, 5.74) is -0.139. The van der Waals surface area contributed by atoms with E-state index < -0.39 is 18.0 Å². The molecule has 1 aliphatic heterocycles. The smallest absolute Gasteiger partial charge is 0.434 e. The van der Waals surface area contributed by atoms with E-state index in [9.17, 15) is 14.4 Å². The first-order chi connectivity index (χ1) is 16.4. The maximum absolute atomic E-state index is 12.7. The number of halogens is 9. The predicted molar refractivity (Wildman–Crippen MR) is 145 cm³/mol. The van der Waals surface area contributed by atoms with E-state index in [2.05, 4.69) is 31.9 Å². The standard InChI is InChI=1S/C20H10Br2Cl7NO5/c21-8-12(25)9(22)17(16(29)13(8)26)35-20(33)34-5-3-1-2-4-30-18(31)6-7(19(30)32)11(24)15(28)14(27)10(6)23/h1-5H2. The molecule has 0 bridgehead atoms. The normalized spacial score (nSPS) is 12.9. The second-order valence-electron chi connectivity index (χ2n) is 6.93. The second-order valence-corrected chi connectivity index (χ2v) is 11.2. The highest BCUT2D eigenvalue weighted by Crippen LogP contribution is 2.48. The van der Waals surface area contributed by atoms with Gasteiger partial charge >= 0.3 is 6.16 Å². The number of benzene rings is 2. The van der Waals surface area contributed by atoms with Crippen molar-refractivity contribution in [2.45, 2.75) is 19.3 Å². The number of nitrogens with zero attached hydrogens (tertiary/aromatic N) is 1. The van der Waals surface area contributed by atoms with E-state index in [1.165, 1.54) is 0 Å². The molecule has 0 unspecified atom stereocenters. The Kier molecular flexibility index (Phi) is 10.2. The van der Waals surface area contributed by atoms with E-state index in [1.807, 2.05) is 0 Å². The topological polar surface area (TPSA) is 72.9 Å². The zero-order valence-electron chi connectivity index (χ0n) is 16.9. The van der Waals surface area contributed by atoms with Crippen molar-refractivity contribution < 1.29 is 23.9 Å². The van der Waals surface area contributed by atoms with Crippen LogP contribution in [0.4, 0.5) is 4.79 Å². The molecule has 15 heteroatoms. The fourth-order valence-corrected chi connectivity index (χ4v) is 6.11. The summed E-state index contributed by atoms with van der Waals surface area (Å²) in [6.45, 7) is 0.105. The van der Waals surface area contributed by atoms with Crippen LogP contribution in [0.5, 0.6) is 5.75 Å². The summed E-state index contributed by atoms with van der Waals surface area (Å²) >= 11 is 48.8. The van der Waals surface area contributed by atoms with E-state index in [1.54, 1.807) is 0 Å². The zero-order chi connectivity index (χ0) is 26.2. The van der Waals surface area contributed by atoms with E-state index in [-0.39, 0.29) is 69.7 Å². The van der Waals surface area contributed by atoms with Crippen LogP contribution in [-0.2, 0) is 4.74 Å². The average Bonchev–Trinajstić information content (AvgIpc) is 3.08. The lowest BCUT2D eigenvalue weighted by Crippen LogP contribution is -2.30. The Bertz CT molecular complexity index is 1180. The minimum atomic E-state index is -1.01. The summed E-state index contributed by atoms with van der Waals surface area (Å²) in [5, 5.41) is -0.219. The van der Waals surface area contributed by atoms with Crippen molar-refractivity contribution in [3.63, 3.8) is 0 Å². The Morgan fingerprint density at radius 1 is 0.686 bits per heavy atom. The summed E-state index contributed by atoms with van der Waals surface area (Å²) in [7, 11) is 0. The number of hydrogen-bond acceptors (Lipinski definition) is 5. The molecule has 1 heterocycles. The van der Waals surface area contributed by atoms with Crippen LogP contribution in [0.2, 0.25) is 35.2 Å². The summed E-state index contributed by atoms with van der Waals surface area (Å²) in [5.74, 6) is -1.30. The molecule has 0 aromatic heterocycles. The largest absolute Gasteiger partial charge is 0.513 e. The number of hydrogen-bond donors (Lipinski definition) is 0. The van der Waals surface area contributed by atoms with Gasteiger partial charge in [-0.25, -0.2) is 4.79 Å². The number of fused-ring (bicyclic) bond motifs is 1. The van der Waals surface area contributed by atoms with Crippen LogP contribution in [0.15, 0.2) is 8.95 Å². The summed E-state index contributed by atoms with van der Waals surface area (Å²) in [6, 6.07) is 0. The number of imide groups is 1. The predicted octanol–water partition coefficient (Wildman–Crippen LogP) is 9.77. The molecule has 35 heavy (non-hydrogen) atoms. The summed E-state index contributed by atoms with van der Waals surface area (Å²) in [6.07, 6.45) is 0.356. The van der Waals surface area contributed by atoms with Crippen molar-refractivity contribution in [2.75, 3.05) is 13.2 Å². The van der Waals surface area contributed by atoms with Gasteiger partial charge in [0.25, 0.3) is 11.8 Å². The van der Waals surface area contributed by atoms with Gasteiger partial charge in [-0.15, -0.1) is 0 Å². The molecule has 0 aliphatic carbocycles. The highest BCUT2D eigenvalue weighted by molar-refractivity contribution is 9.11. The number of rotatable bonds is 7. The summed E-state index contributed by atoms with van der Waals surface area (Å²) < 4.78 is 10.7. The molecular weight excluding hydrogens is 742 g/mol. The van der Waals surface area contributed by atoms with E-state index >= 15 is 0 Å². The molecule has 0 N–H and O–H groups in total. The first-order valence-corrected chi connectivity index (χ1v) is 13.7. The minimum Gasteiger partial charge on any atom is -0.434 e. The summed E-state index contributed by atoms with van der Waals surface area (Å²) in [4.78, 5) is 38.4. The molecule has 6 nitrogen and oxygen atoms in total. The van der Waals surface area contributed by atoms with Gasteiger partial charge in [0.2, 0.25) is 0 Å². The molecule has 0 spiro atoms. The first kappa shape index (κ1) is 29.4. The molecule has 2 amide bonds. The lowest BCUT2D eigenvalue weighted by Gasteiger charge is -2.14. The number of carbonyl (C=O) groups is 3. The van der Waals surface area contributed by atoms with Crippen molar-refractivity contribution in [1.82, 2.24) is 4.90 Å². The van der Waals surface area contributed by atoms with Crippen LogP contribution in [0, 0.1) is 0 Å². The van der Waals surface area contributed by atoms with Gasteiger partial charge < -0.3 is 9.47 Å². The maximum Gasteiger partial charge on any atom is 0.513 e.